The summed E-state index contributed by atoms with van der Waals surface area (Å²) in [6, 6.07) is 16.4. The van der Waals surface area contributed by atoms with Crippen molar-refractivity contribution in [3.8, 4) is 16.9 Å². The van der Waals surface area contributed by atoms with Gasteiger partial charge in [-0.05, 0) is 42.3 Å². The van der Waals surface area contributed by atoms with E-state index in [4.69, 9.17) is 4.74 Å². The van der Waals surface area contributed by atoms with Gasteiger partial charge in [0, 0.05) is 50.0 Å². The van der Waals surface area contributed by atoms with E-state index in [1.807, 2.05) is 41.2 Å². The average molecular weight is 514 g/mol. The lowest BCUT2D eigenvalue weighted by Gasteiger charge is -2.28. The van der Waals surface area contributed by atoms with Gasteiger partial charge in [0.05, 0.1) is 16.9 Å². The Labute approximate surface area is 212 Å². The van der Waals surface area contributed by atoms with Crippen molar-refractivity contribution in [1.82, 2.24) is 19.7 Å². The van der Waals surface area contributed by atoms with Crippen molar-refractivity contribution >= 4 is 29.1 Å². The van der Waals surface area contributed by atoms with Crippen LogP contribution in [-0.4, -0.2) is 47.1 Å². The van der Waals surface area contributed by atoms with E-state index < -0.39 is 6.61 Å². The Bertz CT molecular complexity index is 1430. The summed E-state index contributed by atoms with van der Waals surface area (Å²) in [5.41, 5.74) is 3.24. The van der Waals surface area contributed by atoms with Gasteiger partial charge >= 0.3 is 6.61 Å². The number of piperazine rings is 1. The number of nitrogens with zero attached hydrogens (tertiary/aromatic N) is 4. The molecule has 0 radical (unpaired) electrons. The largest absolute Gasteiger partial charge is 0.434 e. The molecule has 0 saturated carbocycles. The number of benzene rings is 2. The van der Waals surface area contributed by atoms with Crippen LogP contribution in [-0.2, 0) is 6.54 Å². The minimum Gasteiger partial charge on any atom is -0.434 e. The van der Waals surface area contributed by atoms with Gasteiger partial charge in [-0.3, -0.25) is 9.48 Å². The van der Waals surface area contributed by atoms with Crippen molar-refractivity contribution in [2.24, 2.45) is 0 Å². The van der Waals surface area contributed by atoms with Gasteiger partial charge in [0.2, 0.25) is 0 Å². The minimum absolute atomic E-state index is 0. The molecular weight excluding hydrogens is 488 g/mol. The molecule has 4 heterocycles. The number of hydrogen-bond acceptors (Lipinski definition) is 5. The molecule has 6 rings (SSSR count). The lowest BCUT2D eigenvalue weighted by Crippen LogP contribution is -2.43. The molecule has 0 spiro atoms. The molecule has 0 bridgehead atoms. The normalized spacial score (nSPS) is 17.3. The Morgan fingerprint density at radius 3 is 2.53 bits per heavy atom. The Morgan fingerprint density at radius 1 is 1.00 bits per heavy atom. The zero-order valence-corrected chi connectivity index (χ0v) is 20.3. The second-order valence-electron chi connectivity index (χ2n) is 8.87. The fourth-order valence-corrected chi connectivity index (χ4v) is 5.24. The molecule has 2 aliphatic heterocycles. The van der Waals surface area contributed by atoms with Crippen LogP contribution < -0.4 is 20.5 Å². The first-order chi connectivity index (χ1) is 17.1. The molecule has 1 unspecified atom stereocenters. The maximum atomic E-state index is 13.1. The second kappa shape index (κ2) is 9.91. The van der Waals surface area contributed by atoms with E-state index in [0.717, 1.165) is 48.6 Å². The van der Waals surface area contributed by atoms with Gasteiger partial charge in [0.1, 0.15) is 11.6 Å². The van der Waals surface area contributed by atoms with E-state index in [0.29, 0.717) is 23.9 Å². The zero-order chi connectivity index (χ0) is 23.9. The third-order valence-corrected chi connectivity index (χ3v) is 6.90. The van der Waals surface area contributed by atoms with Gasteiger partial charge in [-0.2, -0.15) is 8.78 Å². The topological polar surface area (TPSA) is 64.3 Å². The van der Waals surface area contributed by atoms with Crippen LogP contribution in [0.15, 0.2) is 65.6 Å². The summed E-state index contributed by atoms with van der Waals surface area (Å²) < 4.78 is 34.5. The molecule has 4 aromatic rings. The average Bonchev–Trinajstić information content (AvgIpc) is 3.44. The van der Waals surface area contributed by atoms with Gasteiger partial charge in [-0.25, -0.2) is 9.67 Å². The summed E-state index contributed by atoms with van der Waals surface area (Å²) in [4.78, 5) is 20.0. The van der Waals surface area contributed by atoms with Crippen molar-refractivity contribution in [2.75, 3.05) is 31.1 Å². The van der Waals surface area contributed by atoms with Gasteiger partial charge in [0.25, 0.3) is 5.56 Å². The van der Waals surface area contributed by atoms with Crippen LogP contribution in [0, 0.1) is 0 Å². The molecule has 10 heteroatoms. The lowest BCUT2D eigenvalue weighted by molar-refractivity contribution is -0.0507. The highest BCUT2D eigenvalue weighted by atomic mass is 35.5. The van der Waals surface area contributed by atoms with E-state index in [-0.39, 0.29) is 29.8 Å². The first-order valence-corrected chi connectivity index (χ1v) is 11.8. The molecule has 1 saturated heterocycles. The van der Waals surface area contributed by atoms with Crippen molar-refractivity contribution in [1.29, 1.82) is 0 Å². The Hall–Kier alpha value is -3.43. The Kier molecular flexibility index (Phi) is 6.68. The van der Waals surface area contributed by atoms with Crippen molar-refractivity contribution < 1.29 is 13.5 Å². The second-order valence-corrected chi connectivity index (χ2v) is 8.87. The van der Waals surface area contributed by atoms with Crippen molar-refractivity contribution in [3.63, 3.8) is 0 Å². The van der Waals surface area contributed by atoms with Crippen LogP contribution in [0.5, 0.6) is 5.75 Å². The maximum absolute atomic E-state index is 13.1. The molecule has 36 heavy (non-hydrogen) atoms. The molecule has 2 aliphatic rings. The SMILES string of the molecule is Cl.O=c1c2ccc(-c3ccc(N4CCNCC4)nc3)cc2n2n1CCC2c1ccccc1OC(F)F. The van der Waals surface area contributed by atoms with E-state index in [2.05, 4.69) is 15.2 Å². The number of para-hydroxylation sites is 1. The highest BCUT2D eigenvalue weighted by Crippen LogP contribution is 2.37. The third kappa shape index (κ3) is 4.22. The van der Waals surface area contributed by atoms with Gasteiger partial charge in [-0.1, -0.05) is 24.3 Å². The highest BCUT2D eigenvalue weighted by Gasteiger charge is 2.30. The monoisotopic (exact) mass is 513 g/mol. The van der Waals surface area contributed by atoms with Gasteiger partial charge in [0.15, 0.2) is 0 Å². The molecule has 1 N–H and O–H groups in total. The molecule has 0 amide bonds. The number of anilines is 1. The van der Waals surface area contributed by atoms with Crippen LogP contribution in [0.3, 0.4) is 0 Å². The summed E-state index contributed by atoms with van der Waals surface area (Å²) in [6.45, 7) is 1.34. The van der Waals surface area contributed by atoms with E-state index in [1.165, 1.54) is 0 Å². The maximum Gasteiger partial charge on any atom is 0.387 e. The first kappa shape index (κ1) is 24.3. The number of nitrogens with one attached hydrogen (secondary N) is 1. The summed E-state index contributed by atoms with van der Waals surface area (Å²) in [5, 5.41) is 3.95. The van der Waals surface area contributed by atoms with Crippen molar-refractivity contribution in [2.45, 2.75) is 25.6 Å². The van der Waals surface area contributed by atoms with E-state index in [9.17, 15) is 13.6 Å². The third-order valence-electron chi connectivity index (χ3n) is 6.90. The summed E-state index contributed by atoms with van der Waals surface area (Å²) in [5.74, 6) is 1.09. The predicted octanol–water partition coefficient (Wildman–Crippen LogP) is 4.29. The van der Waals surface area contributed by atoms with Crippen LogP contribution in [0.4, 0.5) is 14.6 Å². The predicted molar refractivity (Wildman–Crippen MR) is 138 cm³/mol. The molecule has 1 fully saturated rings. The summed E-state index contributed by atoms with van der Waals surface area (Å²) in [6.07, 6.45) is 2.49. The van der Waals surface area contributed by atoms with E-state index in [1.54, 1.807) is 28.9 Å². The molecular formula is C26H26ClF2N5O2. The Morgan fingerprint density at radius 2 is 1.78 bits per heavy atom. The molecule has 2 aromatic carbocycles. The Balaban J connectivity index is 0.00000267. The zero-order valence-electron chi connectivity index (χ0n) is 19.4. The van der Waals surface area contributed by atoms with Gasteiger partial charge < -0.3 is 15.0 Å². The molecule has 2 aromatic heterocycles. The number of aromatic nitrogens is 3. The van der Waals surface area contributed by atoms with Crippen LogP contribution in [0.1, 0.15) is 18.0 Å². The minimum atomic E-state index is -2.91. The fraction of sp³-hybridized carbons (Fsp3) is 0.308. The smallest absolute Gasteiger partial charge is 0.387 e. The molecule has 188 valence electrons. The standard InChI is InChI=1S/C26H25F2N5O2.ClH/c27-26(28)35-23-4-2-1-3-19(23)21-9-12-32-25(34)20-7-5-17(15-22(20)33(21)32)18-6-8-24(30-16-18)31-13-10-29-11-14-31;/h1-8,15-16,21,26,29H,9-14H2;1H. The fourth-order valence-electron chi connectivity index (χ4n) is 5.24. The number of ether oxygens (including phenoxy) is 1. The highest BCUT2D eigenvalue weighted by molar-refractivity contribution is 5.85. The molecule has 1 atom stereocenters. The lowest BCUT2D eigenvalue weighted by atomic mass is 10.0. The summed E-state index contributed by atoms with van der Waals surface area (Å²) in [7, 11) is 0. The van der Waals surface area contributed by atoms with Crippen LogP contribution in [0.25, 0.3) is 22.0 Å². The van der Waals surface area contributed by atoms with Crippen LogP contribution in [0.2, 0.25) is 0 Å². The number of hydrogen-bond donors (Lipinski definition) is 1. The van der Waals surface area contributed by atoms with E-state index >= 15 is 0 Å². The molecule has 0 aliphatic carbocycles. The van der Waals surface area contributed by atoms with Crippen LogP contribution >= 0.6 is 12.4 Å². The molecule has 7 nitrogen and oxygen atoms in total. The number of halogens is 3. The summed E-state index contributed by atoms with van der Waals surface area (Å²) >= 11 is 0. The first-order valence-electron chi connectivity index (χ1n) is 11.8. The number of fused-ring (bicyclic) bond motifs is 3. The van der Waals surface area contributed by atoms with Gasteiger partial charge in [-0.15, -0.1) is 12.4 Å². The van der Waals surface area contributed by atoms with Crippen molar-refractivity contribution in [3.05, 3.63) is 76.7 Å². The quantitative estimate of drug-likeness (QED) is 0.431. The number of pyridine rings is 1. The number of rotatable bonds is 5. The number of alkyl halides is 2.